The Hall–Kier alpha value is -2.15. The zero-order valence-corrected chi connectivity index (χ0v) is 19.8. The average Bonchev–Trinajstić information content (AvgIpc) is 2.79. The van der Waals surface area contributed by atoms with E-state index in [1.54, 1.807) is 6.07 Å². The van der Waals surface area contributed by atoms with Crippen molar-refractivity contribution in [1.82, 2.24) is 4.90 Å². The Morgan fingerprint density at radius 3 is 2.59 bits per heavy atom. The van der Waals surface area contributed by atoms with Gasteiger partial charge in [-0.2, -0.15) is 0 Å². The molecule has 1 unspecified atom stereocenters. The van der Waals surface area contributed by atoms with Gasteiger partial charge in [0.15, 0.2) is 0 Å². The van der Waals surface area contributed by atoms with E-state index in [-0.39, 0.29) is 17.2 Å². The molecule has 1 aromatic carbocycles. The fourth-order valence-corrected chi connectivity index (χ4v) is 4.45. The summed E-state index contributed by atoms with van der Waals surface area (Å²) in [5.41, 5.74) is 0.133. The summed E-state index contributed by atoms with van der Waals surface area (Å²) in [5, 5.41) is 20.9. The lowest BCUT2D eigenvalue weighted by atomic mass is 9.93. The Balaban J connectivity index is 1.79. The number of ether oxygens (including phenoxy) is 1. The molecule has 180 valence electrons. The number of hydrogen-bond acceptors (Lipinski definition) is 5. The second-order valence-corrected chi connectivity index (χ2v) is 8.90. The van der Waals surface area contributed by atoms with Gasteiger partial charge >= 0.3 is 0 Å². The number of carbonyl (C=O) groups excluding carboxylic acids is 1. The molecule has 7 heteroatoms. The Kier molecular flexibility index (Phi) is 11.5. The topological polar surface area (TPSA) is 92.9 Å². The lowest BCUT2D eigenvalue weighted by Crippen LogP contribution is -2.42. The third-order valence-electron chi connectivity index (χ3n) is 6.29. The lowest BCUT2D eigenvalue weighted by molar-refractivity contribution is -0.386. The molecule has 32 heavy (non-hydrogen) atoms. The zero-order valence-electron chi connectivity index (χ0n) is 19.8. The number of carbonyl (C=O) groups is 1. The highest BCUT2D eigenvalue weighted by Crippen LogP contribution is 2.29. The second kappa shape index (κ2) is 14.1. The first-order valence-corrected chi connectivity index (χ1v) is 12.3. The van der Waals surface area contributed by atoms with Crippen LogP contribution in [0, 0.1) is 10.1 Å². The minimum absolute atomic E-state index is 0.111. The van der Waals surface area contributed by atoms with Gasteiger partial charge in [-0.3, -0.25) is 14.9 Å². The predicted octanol–water partition coefficient (Wildman–Crippen LogP) is 5.94. The Morgan fingerprint density at radius 2 is 1.94 bits per heavy atom. The van der Waals surface area contributed by atoms with Crippen LogP contribution in [0.3, 0.4) is 0 Å². The van der Waals surface area contributed by atoms with Crippen LogP contribution in [-0.4, -0.2) is 40.0 Å². The van der Waals surface area contributed by atoms with Crippen LogP contribution in [0.5, 0.6) is 5.75 Å². The van der Waals surface area contributed by atoms with E-state index in [0.29, 0.717) is 24.8 Å². The van der Waals surface area contributed by atoms with Crippen LogP contribution < -0.4 is 4.74 Å². The van der Waals surface area contributed by atoms with E-state index in [1.165, 1.54) is 57.6 Å². The third-order valence-corrected chi connectivity index (χ3v) is 6.29. The number of aliphatic hydroxyl groups is 1. The predicted molar refractivity (Wildman–Crippen MR) is 126 cm³/mol. The third kappa shape index (κ3) is 8.41. The van der Waals surface area contributed by atoms with E-state index in [4.69, 9.17) is 4.74 Å². The van der Waals surface area contributed by atoms with Crippen molar-refractivity contribution in [2.75, 3.05) is 13.2 Å². The molecule has 1 saturated carbocycles. The van der Waals surface area contributed by atoms with Crippen molar-refractivity contribution in [3.05, 3.63) is 33.9 Å². The molecule has 1 aliphatic carbocycles. The molecule has 0 aromatic heterocycles. The van der Waals surface area contributed by atoms with Gasteiger partial charge in [-0.15, -0.1) is 0 Å². The summed E-state index contributed by atoms with van der Waals surface area (Å²) in [5.74, 6) is 0.762. The summed E-state index contributed by atoms with van der Waals surface area (Å²) in [7, 11) is 0. The van der Waals surface area contributed by atoms with E-state index >= 15 is 0 Å². The molecule has 0 bridgehead atoms. The van der Waals surface area contributed by atoms with Crippen LogP contribution in [0.4, 0.5) is 5.69 Å². The summed E-state index contributed by atoms with van der Waals surface area (Å²) in [6, 6.07) is 4.85. The van der Waals surface area contributed by atoms with E-state index in [2.05, 4.69) is 11.8 Å². The maximum absolute atomic E-state index is 13.0. The number of nitrogens with zero attached hydrogens (tertiary/aromatic N) is 2. The van der Waals surface area contributed by atoms with Gasteiger partial charge < -0.3 is 14.7 Å². The highest BCUT2D eigenvalue weighted by Gasteiger charge is 2.24. The SMILES string of the molecule is CCCCCCN(C(=O)CCCCOc1ccc([N+](=O)[O-])c(C(C)O)c1)C1CCCCC1. The minimum Gasteiger partial charge on any atom is -0.494 e. The van der Waals surface area contributed by atoms with Crippen molar-refractivity contribution >= 4 is 11.6 Å². The van der Waals surface area contributed by atoms with Crippen LogP contribution in [0.15, 0.2) is 18.2 Å². The number of rotatable bonds is 14. The fourth-order valence-electron chi connectivity index (χ4n) is 4.45. The molecule has 0 radical (unpaired) electrons. The number of unbranched alkanes of at least 4 members (excludes halogenated alkanes) is 4. The molecule has 0 saturated heterocycles. The van der Waals surface area contributed by atoms with Gasteiger partial charge in [0, 0.05) is 25.1 Å². The van der Waals surface area contributed by atoms with Crippen molar-refractivity contribution in [3.63, 3.8) is 0 Å². The molecule has 0 heterocycles. The van der Waals surface area contributed by atoms with Crippen LogP contribution in [-0.2, 0) is 4.79 Å². The number of aliphatic hydroxyl groups excluding tert-OH is 1. The number of nitro benzene ring substituents is 1. The van der Waals surface area contributed by atoms with Crippen LogP contribution in [0.1, 0.15) is 103 Å². The second-order valence-electron chi connectivity index (χ2n) is 8.90. The molecule has 1 N–H and O–H groups in total. The van der Waals surface area contributed by atoms with Crippen molar-refractivity contribution in [3.8, 4) is 5.75 Å². The minimum atomic E-state index is -0.945. The molecule has 1 aromatic rings. The largest absolute Gasteiger partial charge is 0.494 e. The van der Waals surface area contributed by atoms with Crippen LogP contribution >= 0.6 is 0 Å². The molecule has 0 spiro atoms. The molecular formula is C25H40N2O5. The van der Waals surface area contributed by atoms with Gasteiger partial charge in [-0.25, -0.2) is 0 Å². The van der Waals surface area contributed by atoms with Gasteiger partial charge in [0.05, 0.1) is 23.2 Å². The summed E-state index contributed by atoms with van der Waals surface area (Å²) < 4.78 is 5.72. The standard InChI is InChI=1S/C25H40N2O5/c1-3-4-5-10-17-26(21-12-7-6-8-13-21)25(29)14-9-11-18-32-22-15-16-24(27(30)31)23(19-22)20(2)28/h15-16,19-21,28H,3-14,17-18H2,1-2H3. The number of nitro groups is 1. The average molecular weight is 449 g/mol. The van der Waals surface area contributed by atoms with Gasteiger partial charge in [-0.05, 0) is 51.2 Å². The monoisotopic (exact) mass is 448 g/mol. The van der Waals surface area contributed by atoms with E-state index < -0.39 is 11.0 Å². The van der Waals surface area contributed by atoms with Crippen LogP contribution in [0.2, 0.25) is 0 Å². The van der Waals surface area contributed by atoms with Crippen molar-refractivity contribution in [2.24, 2.45) is 0 Å². The van der Waals surface area contributed by atoms with Crippen molar-refractivity contribution in [2.45, 2.75) is 103 Å². The summed E-state index contributed by atoms with van der Waals surface area (Å²) in [4.78, 5) is 25.7. The smallest absolute Gasteiger partial charge is 0.275 e. The van der Waals surface area contributed by atoms with E-state index in [1.807, 2.05) is 0 Å². The number of amides is 1. The normalized spacial score (nSPS) is 15.3. The van der Waals surface area contributed by atoms with Gasteiger partial charge in [0.1, 0.15) is 5.75 Å². The highest BCUT2D eigenvalue weighted by atomic mass is 16.6. The molecule has 2 rings (SSSR count). The summed E-state index contributed by atoms with van der Waals surface area (Å²) in [6.45, 7) is 5.02. The number of hydrogen-bond donors (Lipinski definition) is 1. The van der Waals surface area contributed by atoms with Gasteiger partial charge in [0.25, 0.3) is 5.69 Å². The molecule has 0 aliphatic heterocycles. The van der Waals surface area contributed by atoms with Crippen molar-refractivity contribution in [1.29, 1.82) is 0 Å². The first kappa shape index (κ1) is 26.1. The first-order valence-electron chi connectivity index (χ1n) is 12.3. The Labute approximate surface area is 192 Å². The molecule has 1 atom stereocenters. The Bertz CT molecular complexity index is 716. The zero-order chi connectivity index (χ0) is 23.3. The van der Waals surface area contributed by atoms with Crippen molar-refractivity contribution < 1.29 is 19.6 Å². The molecule has 1 fully saturated rings. The maximum atomic E-state index is 13.0. The summed E-state index contributed by atoms with van der Waals surface area (Å²) >= 11 is 0. The molecule has 1 aliphatic rings. The summed E-state index contributed by atoms with van der Waals surface area (Å²) in [6.07, 6.45) is 11.8. The number of benzene rings is 1. The van der Waals surface area contributed by atoms with E-state index in [9.17, 15) is 20.0 Å². The Morgan fingerprint density at radius 1 is 1.19 bits per heavy atom. The lowest BCUT2D eigenvalue weighted by Gasteiger charge is -2.34. The first-order chi connectivity index (χ1) is 15.4. The van der Waals surface area contributed by atoms with Gasteiger partial charge in [0.2, 0.25) is 5.91 Å². The van der Waals surface area contributed by atoms with Crippen LogP contribution in [0.25, 0.3) is 0 Å². The molecule has 7 nitrogen and oxygen atoms in total. The fraction of sp³-hybridized carbons (Fsp3) is 0.720. The van der Waals surface area contributed by atoms with Gasteiger partial charge in [-0.1, -0.05) is 45.4 Å². The van der Waals surface area contributed by atoms with E-state index in [0.717, 1.165) is 38.6 Å². The molecule has 1 amide bonds. The molecular weight excluding hydrogens is 408 g/mol. The highest BCUT2D eigenvalue weighted by molar-refractivity contribution is 5.76. The maximum Gasteiger partial charge on any atom is 0.275 e. The quantitative estimate of drug-likeness (QED) is 0.216.